The van der Waals surface area contributed by atoms with Gasteiger partial charge in [0.15, 0.2) is 5.13 Å². The van der Waals surface area contributed by atoms with E-state index in [4.69, 9.17) is 0 Å². The van der Waals surface area contributed by atoms with Crippen molar-refractivity contribution < 1.29 is 14.4 Å². The molecule has 2 aliphatic rings. The van der Waals surface area contributed by atoms with Crippen molar-refractivity contribution in [2.45, 2.75) is 44.2 Å². The van der Waals surface area contributed by atoms with Crippen LogP contribution in [0, 0.1) is 0 Å². The molecule has 1 saturated heterocycles. The molecule has 1 atom stereocenters. The molecule has 8 heteroatoms. The van der Waals surface area contributed by atoms with Crippen LogP contribution in [0.2, 0.25) is 0 Å². The Morgan fingerprint density at radius 3 is 2.50 bits per heavy atom. The maximum absolute atomic E-state index is 13.0. The predicted molar refractivity (Wildman–Crippen MR) is 132 cm³/mol. The molecule has 7 nitrogen and oxygen atoms in total. The number of anilines is 1. The molecule has 2 aromatic carbocycles. The highest BCUT2D eigenvalue weighted by atomic mass is 32.1. The van der Waals surface area contributed by atoms with E-state index in [1.165, 1.54) is 11.3 Å². The van der Waals surface area contributed by atoms with Gasteiger partial charge in [0.25, 0.3) is 5.91 Å². The normalized spacial score (nSPS) is 17.4. The van der Waals surface area contributed by atoms with Crippen LogP contribution in [0.1, 0.15) is 41.6 Å². The molecule has 1 aromatic heterocycles. The minimum absolute atomic E-state index is 0.0329. The van der Waals surface area contributed by atoms with Crippen molar-refractivity contribution in [2.75, 3.05) is 11.9 Å². The fourth-order valence-corrected chi connectivity index (χ4v) is 4.87. The number of carbonyl (C=O) groups excluding carboxylic acids is 3. The molecule has 2 heterocycles. The average Bonchev–Trinajstić information content (AvgIpc) is 3.32. The lowest BCUT2D eigenvalue weighted by molar-refractivity contribution is -0.136. The van der Waals surface area contributed by atoms with Crippen molar-refractivity contribution >= 4 is 34.2 Å². The Labute approximate surface area is 202 Å². The minimum Gasteiger partial charge on any atom is -0.349 e. The molecule has 0 spiro atoms. The molecule has 2 fully saturated rings. The largest absolute Gasteiger partial charge is 0.349 e. The summed E-state index contributed by atoms with van der Waals surface area (Å²) in [5, 5.41) is 8.24. The van der Waals surface area contributed by atoms with Crippen molar-refractivity contribution in [3.63, 3.8) is 0 Å². The molecular weight excluding hydrogens is 448 g/mol. The summed E-state index contributed by atoms with van der Waals surface area (Å²) in [7, 11) is 0. The molecule has 1 aliphatic heterocycles. The van der Waals surface area contributed by atoms with E-state index in [1.807, 2.05) is 47.8 Å². The molecule has 1 saturated carbocycles. The second-order valence-electron chi connectivity index (χ2n) is 8.76. The van der Waals surface area contributed by atoms with E-state index in [9.17, 15) is 14.4 Å². The molecule has 5 rings (SSSR count). The molecule has 3 aromatic rings. The highest BCUT2D eigenvalue weighted by molar-refractivity contribution is 7.14. The fourth-order valence-electron chi connectivity index (χ4n) is 4.15. The van der Waals surface area contributed by atoms with Crippen LogP contribution in [0.5, 0.6) is 0 Å². The van der Waals surface area contributed by atoms with Crippen LogP contribution < -0.4 is 10.6 Å². The van der Waals surface area contributed by atoms with Crippen LogP contribution in [0.3, 0.4) is 0 Å². The van der Waals surface area contributed by atoms with Crippen LogP contribution >= 0.6 is 11.3 Å². The van der Waals surface area contributed by atoms with Crippen molar-refractivity contribution in [2.24, 2.45) is 0 Å². The number of rotatable bonds is 7. The van der Waals surface area contributed by atoms with E-state index in [0.717, 1.165) is 36.1 Å². The Balaban J connectivity index is 1.20. The van der Waals surface area contributed by atoms with Crippen LogP contribution in [0.4, 0.5) is 5.13 Å². The minimum atomic E-state index is -0.479. The van der Waals surface area contributed by atoms with Gasteiger partial charge in [-0.15, -0.1) is 11.3 Å². The number of nitrogens with one attached hydrogen (secondary N) is 2. The summed E-state index contributed by atoms with van der Waals surface area (Å²) in [5.41, 5.74) is 3.18. The maximum Gasteiger partial charge on any atom is 0.251 e. The van der Waals surface area contributed by atoms with Crippen LogP contribution in [-0.4, -0.2) is 46.2 Å². The van der Waals surface area contributed by atoms with Crippen LogP contribution in [-0.2, 0) is 16.0 Å². The Morgan fingerprint density at radius 1 is 1.00 bits per heavy atom. The molecule has 0 bridgehead atoms. The van der Waals surface area contributed by atoms with Gasteiger partial charge in [0.05, 0.1) is 12.1 Å². The molecule has 2 N–H and O–H groups in total. The lowest BCUT2D eigenvalue weighted by Crippen LogP contribution is -2.43. The number of thiazole rings is 1. The molecule has 1 aliphatic carbocycles. The van der Waals surface area contributed by atoms with Gasteiger partial charge in [0, 0.05) is 29.1 Å². The maximum atomic E-state index is 13.0. The second-order valence-corrected chi connectivity index (χ2v) is 9.62. The SMILES string of the molecule is O=C(NC1CC1)c1ccc(-c2csc(NC(=O)[C@@H]3CCCN3C(=O)Cc3ccccc3)n2)cc1. The van der Waals surface area contributed by atoms with E-state index in [-0.39, 0.29) is 17.7 Å². The summed E-state index contributed by atoms with van der Waals surface area (Å²) >= 11 is 1.35. The van der Waals surface area contributed by atoms with Crippen molar-refractivity contribution in [3.05, 3.63) is 71.1 Å². The summed E-state index contributed by atoms with van der Waals surface area (Å²) in [6, 6.07) is 16.7. The topological polar surface area (TPSA) is 91.4 Å². The smallest absolute Gasteiger partial charge is 0.251 e. The summed E-state index contributed by atoms with van der Waals surface area (Å²) in [4.78, 5) is 44.2. The highest BCUT2D eigenvalue weighted by Crippen LogP contribution is 2.27. The molecule has 174 valence electrons. The summed E-state index contributed by atoms with van der Waals surface area (Å²) < 4.78 is 0. The number of amides is 3. The van der Waals surface area contributed by atoms with Gasteiger partial charge in [-0.2, -0.15) is 0 Å². The van der Waals surface area contributed by atoms with Gasteiger partial charge in [-0.25, -0.2) is 4.98 Å². The zero-order valence-corrected chi connectivity index (χ0v) is 19.5. The van der Waals surface area contributed by atoms with E-state index in [2.05, 4.69) is 15.6 Å². The van der Waals surface area contributed by atoms with E-state index in [0.29, 0.717) is 36.1 Å². The van der Waals surface area contributed by atoms with Gasteiger partial charge < -0.3 is 15.5 Å². The Bertz CT molecular complexity index is 1190. The van der Waals surface area contributed by atoms with Gasteiger partial charge >= 0.3 is 0 Å². The number of likely N-dealkylation sites (tertiary alicyclic amines) is 1. The lowest BCUT2D eigenvalue weighted by Gasteiger charge is -2.23. The second kappa shape index (κ2) is 9.77. The standard InChI is InChI=1S/C26H26N4O3S/c31-23(15-17-5-2-1-3-6-17)30-14-4-7-22(30)25(33)29-26-28-21(16-34-26)18-8-10-19(11-9-18)24(32)27-20-12-13-20/h1-3,5-6,8-11,16,20,22H,4,7,12-15H2,(H,27,32)(H,28,29,33)/t22-/m0/s1. The van der Waals surface area contributed by atoms with Crippen molar-refractivity contribution in [1.29, 1.82) is 0 Å². The quantitative estimate of drug-likeness (QED) is 0.544. The first kappa shape index (κ1) is 22.3. The van der Waals surface area contributed by atoms with Gasteiger partial charge in [-0.3, -0.25) is 14.4 Å². The van der Waals surface area contributed by atoms with E-state index in [1.54, 1.807) is 17.0 Å². The molecule has 0 unspecified atom stereocenters. The van der Waals surface area contributed by atoms with Crippen LogP contribution in [0.15, 0.2) is 60.0 Å². The Kier molecular flexibility index (Phi) is 6.40. The average molecular weight is 475 g/mol. The third-order valence-electron chi connectivity index (χ3n) is 6.16. The number of benzene rings is 2. The van der Waals surface area contributed by atoms with Crippen LogP contribution in [0.25, 0.3) is 11.3 Å². The summed E-state index contributed by atoms with van der Waals surface area (Å²) in [5.74, 6) is -0.287. The Morgan fingerprint density at radius 2 is 1.76 bits per heavy atom. The van der Waals surface area contributed by atoms with E-state index < -0.39 is 6.04 Å². The zero-order valence-electron chi connectivity index (χ0n) is 18.7. The first-order valence-corrected chi connectivity index (χ1v) is 12.5. The lowest BCUT2D eigenvalue weighted by atomic mass is 10.1. The first-order valence-electron chi connectivity index (χ1n) is 11.6. The predicted octanol–water partition coefficient (Wildman–Crippen LogP) is 3.87. The fraction of sp³-hybridized carbons (Fsp3) is 0.308. The monoisotopic (exact) mass is 474 g/mol. The first-order chi connectivity index (χ1) is 16.6. The van der Waals surface area contributed by atoms with Crippen molar-refractivity contribution in [3.8, 4) is 11.3 Å². The molecule has 3 amide bonds. The molecular formula is C26H26N4O3S. The summed E-state index contributed by atoms with van der Waals surface area (Å²) in [6.45, 7) is 0.591. The number of aromatic nitrogens is 1. The number of carbonyl (C=O) groups is 3. The number of hydrogen-bond donors (Lipinski definition) is 2. The molecule has 0 radical (unpaired) electrons. The highest BCUT2D eigenvalue weighted by Gasteiger charge is 2.34. The number of nitrogens with zero attached hydrogens (tertiary/aromatic N) is 2. The van der Waals surface area contributed by atoms with Crippen molar-refractivity contribution in [1.82, 2.24) is 15.2 Å². The van der Waals surface area contributed by atoms with Gasteiger partial charge in [0.2, 0.25) is 11.8 Å². The third kappa shape index (κ3) is 5.17. The van der Waals surface area contributed by atoms with Gasteiger partial charge in [-0.05, 0) is 43.4 Å². The summed E-state index contributed by atoms with van der Waals surface area (Å²) in [6.07, 6.45) is 3.85. The van der Waals surface area contributed by atoms with Gasteiger partial charge in [-0.1, -0.05) is 42.5 Å². The van der Waals surface area contributed by atoms with Gasteiger partial charge in [0.1, 0.15) is 6.04 Å². The Hall–Kier alpha value is -3.52. The zero-order chi connectivity index (χ0) is 23.5. The number of hydrogen-bond acceptors (Lipinski definition) is 5. The molecule has 34 heavy (non-hydrogen) atoms. The third-order valence-corrected chi connectivity index (χ3v) is 6.92. The van der Waals surface area contributed by atoms with E-state index >= 15 is 0 Å².